The maximum absolute atomic E-state index is 10.3. The van der Waals surface area contributed by atoms with Gasteiger partial charge in [0.05, 0.1) is 0 Å². The molecular weight excluding hydrogens is 496 g/mol. The standard InChI is InChI=1S/C36H32O4/c37-34-22-19-28(23-36(34)40-27-31-15-8-3-9-16-31)17-10-18-32-20-21-33(38-25-29-11-4-1-5-12-29)24-35(32)39-26-30-13-6-2-7-14-30/h1-17,19-24,37H,18,25-27H2/b17-10+. The fraction of sp³-hybridized carbons (Fsp3) is 0.111. The van der Waals surface area contributed by atoms with Crippen molar-refractivity contribution in [2.45, 2.75) is 26.2 Å². The summed E-state index contributed by atoms with van der Waals surface area (Å²) in [5.41, 5.74) is 5.25. The third-order valence-electron chi connectivity index (χ3n) is 6.39. The molecule has 0 saturated heterocycles. The first-order valence-corrected chi connectivity index (χ1v) is 13.4. The van der Waals surface area contributed by atoms with E-state index in [0.717, 1.165) is 39.3 Å². The third-order valence-corrected chi connectivity index (χ3v) is 6.39. The quantitative estimate of drug-likeness (QED) is 0.177. The molecule has 5 aromatic rings. The Morgan fingerprint density at radius 2 is 1.07 bits per heavy atom. The highest BCUT2D eigenvalue weighted by atomic mass is 16.5. The summed E-state index contributed by atoms with van der Waals surface area (Å²) in [6, 6.07) is 41.5. The molecule has 200 valence electrons. The fourth-order valence-corrected chi connectivity index (χ4v) is 4.21. The van der Waals surface area contributed by atoms with Crippen LogP contribution in [-0.2, 0) is 26.2 Å². The van der Waals surface area contributed by atoms with E-state index in [1.54, 1.807) is 6.07 Å². The first-order chi connectivity index (χ1) is 19.7. The lowest BCUT2D eigenvalue weighted by Crippen LogP contribution is -2.00. The Morgan fingerprint density at radius 1 is 0.525 bits per heavy atom. The van der Waals surface area contributed by atoms with E-state index >= 15 is 0 Å². The first-order valence-electron chi connectivity index (χ1n) is 13.4. The number of ether oxygens (including phenoxy) is 3. The molecule has 0 unspecified atom stereocenters. The third kappa shape index (κ3) is 7.78. The molecule has 1 N–H and O–H groups in total. The summed E-state index contributed by atoms with van der Waals surface area (Å²) in [5.74, 6) is 2.13. The highest BCUT2D eigenvalue weighted by molar-refractivity contribution is 5.56. The molecule has 5 rings (SSSR count). The molecule has 0 atom stereocenters. The minimum absolute atomic E-state index is 0.121. The van der Waals surface area contributed by atoms with Crippen LogP contribution in [0.15, 0.2) is 133 Å². The Morgan fingerprint density at radius 3 is 1.68 bits per heavy atom. The molecule has 0 radical (unpaired) electrons. The lowest BCUT2D eigenvalue weighted by atomic mass is 10.1. The second-order valence-electron chi connectivity index (χ2n) is 9.43. The zero-order valence-electron chi connectivity index (χ0n) is 22.3. The van der Waals surface area contributed by atoms with E-state index in [1.807, 2.05) is 109 Å². The molecule has 4 heteroatoms. The van der Waals surface area contributed by atoms with Crippen molar-refractivity contribution in [2.75, 3.05) is 0 Å². The highest BCUT2D eigenvalue weighted by Crippen LogP contribution is 2.30. The Balaban J connectivity index is 1.27. The monoisotopic (exact) mass is 528 g/mol. The fourth-order valence-electron chi connectivity index (χ4n) is 4.21. The normalized spacial score (nSPS) is 10.9. The van der Waals surface area contributed by atoms with Gasteiger partial charge in [0, 0.05) is 6.07 Å². The van der Waals surface area contributed by atoms with Crippen LogP contribution in [0.1, 0.15) is 27.8 Å². The number of phenols is 1. The van der Waals surface area contributed by atoms with Crippen molar-refractivity contribution >= 4 is 6.08 Å². The molecule has 0 bridgehead atoms. The van der Waals surface area contributed by atoms with Gasteiger partial charge < -0.3 is 19.3 Å². The molecule has 0 aromatic heterocycles. The van der Waals surface area contributed by atoms with Crippen LogP contribution in [0.4, 0.5) is 0 Å². The van der Waals surface area contributed by atoms with Crippen molar-refractivity contribution in [1.29, 1.82) is 0 Å². The van der Waals surface area contributed by atoms with Crippen LogP contribution in [0.3, 0.4) is 0 Å². The van der Waals surface area contributed by atoms with Crippen LogP contribution in [0.5, 0.6) is 23.0 Å². The van der Waals surface area contributed by atoms with Gasteiger partial charge in [-0.25, -0.2) is 0 Å². The van der Waals surface area contributed by atoms with Crippen molar-refractivity contribution in [1.82, 2.24) is 0 Å². The van der Waals surface area contributed by atoms with Gasteiger partial charge in [-0.15, -0.1) is 0 Å². The second-order valence-corrected chi connectivity index (χ2v) is 9.43. The Labute approximate surface area is 235 Å². The van der Waals surface area contributed by atoms with Crippen molar-refractivity contribution in [3.05, 3.63) is 161 Å². The van der Waals surface area contributed by atoms with E-state index < -0.39 is 0 Å². The maximum atomic E-state index is 10.3. The van der Waals surface area contributed by atoms with E-state index in [2.05, 4.69) is 24.3 Å². The van der Waals surface area contributed by atoms with E-state index in [0.29, 0.717) is 32.0 Å². The van der Waals surface area contributed by atoms with Crippen LogP contribution in [0.2, 0.25) is 0 Å². The first kappa shape index (κ1) is 26.6. The average Bonchev–Trinajstić information content (AvgIpc) is 3.01. The topological polar surface area (TPSA) is 47.9 Å². The summed E-state index contributed by atoms with van der Waals surface area (Å²) in [6.07, 6.45) is 4.78. The van der Waals surface area contributed by atoms with Crippen molar-refractivity contribution in [2.24, 2.45) is 0 Å². The van der Waals surface area contributed by atoms with Crippen molar-refractivity contribution in [3.63, 3.8) is 0 Å². The van der Waals surface area contributed by atoms with Gasteiger partial charge >= 0.3 is 0 Å². The average molecular weight is 529 g/mol. The van der Waals surface area contributed by atoms with Crippen LogP contribution in [-0.4, -0.2) is 5.11 Å². The minimum atomic E-state index is 0.121. The van der Waals surface area contributed by atoms with E-state index in [-0.39, 0.29) is 5.75 Å². The number of allylic oxidation sites excluding steroid dienone is 1. The Bertz CT molecular complexity index is 1510. The molecular formula is C36H32O4. The smallest absolute Gasteiger partial charge is 0.162 e. The molecule has 0 saturated carbocycles. The van der Waals surface area contributed by atoms with Crippen LogP contribution < -0.4 is 14.2 Å². The maximum Gasteiger partial charge on any atom is 0.162 e. The van der Waals surface area contributed by atoms with Crippen molar-refractivity contribution < 1.29 is 19.3 Å². The molecule has 4 nitrogen and oxygen atoms in total. The molecule has 40 heavy (non-hydrogen) atoms. The summed E-state index contributed by atoms with van der Waals surface area (Å²) in [6.45, 7) is 1.36. The van der Waals surface area contributed by atoms with Gasteiger partial charge in [0.2, 0.25) is 0 Å². The number of phenolic OH excluding ortho intramolecular Hbond substituents is 1. The molecule has 0 heterocycles. The van der Waals surface area contributed by atoms with Crippen LogP contribution in [0.25, 0.3) is 6.08 Å². The summed E-state index contributed by atoms with van der Waals surface area (Å²) in [7, 11) is 0. The molecule has 0 amide bonds. The zero-order chi connectivity index (χ0) is 27.4. The predicted molar refractivity (Wildman–Crippen MR) is 160 cm³/mol. The number of rotatable bonds is 12. The summed E-state index contributed by atoms with van der Waals surface area (Å²) in [5, 5.41) is 10.3. The number of benzene rings is 5. The minimum Gasteiger partial charge on any atom is -0.504 e. The Hall–Kier alpha value is -4.96. The lowest BCUT2D eigenvalue weighted by molar-refractivity contribution is 0.288. The SMILES string of the molecule is Oc1ccc(/C=C/Cc2ccc(OCc3ccccc3)cc2OCc2ccccc2)cc1OCc1ccccc1. The molecule has 0 aliphatic rings. The molecule has 0 aliphatic heterocycles. The van der Waals surface area contributed by atoms with Crippen LogP contribution in [0, 0.1) is 0 Å². The molecule has 0 aliphatic carbocycles. The van der Waals surface area contributed by atoms with Gasteiger partial charge in [-0.05, 0) is 52.4 Å². The second kappa shape index (κ2) is 13.7. The van der Waals surface area contributed by atoms with E-state index in [9.17, 15) is 5.11 Å². The molecule has 0 spiro atoms. The van der Waals surface area contributed by atoms with Crippen molar-refractivity contribution in [3.8, 4) is 23.0 Å². The van der Waals surface area contributed by atoms with Gasteiger partial charge in [0.25, 0.3) is 0 Å². The van der Waals surface area contributed by atoms with E-state index in [4.69, 9.17) is 14.2 Å². The summed E-state index contributed by atoms with van der Waals surface area (Å²) < 4.78 is 18.2. The van der Waals surface area contributed by atoms with Gasteiger partial charge in [0.1, 0.15) is 31.3 Å². The Kier molecular flexibility index (Phi) is 9.14. The zero-order valence-corrected chi connectivity index (χ0v) is 22.3. The van der Waals surface area contributed by atoms with Gasteiger partial charge in [0.15, 0.2) is 11.5 Å². The number of hydrogen-bond acceptors (Lipinski definition) is 4. The predicted octanol–water partition coefficient (Wildman–Crippen LogP) is 8.39. The highest BCUT2D eigenvalue weighted by Gasteiger charge is 2.08. The largest absolute Gasteiger partial charge is 0.504 e. The summed E-state index contributed by atoms with van der Waals surface area (Å²) >= 11 is 0. The summed E-state index contributed by atoms with van der Waals surface area (Å²) in [4.78, 5) is 0. The van der Waals surface area contributed by atoms with E-state index in [1.165, 1.54) is 0 Å². The van der Waals surface area contributed by atoms with Gasteiger partial charge in [-0.3, -0.25) is 0 Å². The lowest BCUT2D eigenvalue weighted by Gasteiger charge is -2.14. The van der Waals surface area contributed by atoms with Gasteiger partial charge in [-0.2, -0.15) is 0 Å². The number of aromatic hydroxyl groups is 1. The van der Waals surface area contributed by atoms with Gasteiger partial charge in [-0.1, -0.05) is 115 Å². The molecule has 5 aromatic carbocycles. The van der Waals surface area contributed by atoms with Crippen LogP contribution >= 0.6 is 0 Å². The molecule has 0 fully saturated rings. The number of hydrogen-bond donors (Lipinski definition) is 1.